The number of nitrogen functional groups attached to an aromatic ring is 2. The Morgan fingerprint density at radius 1 is 0.947 bits per heavy atom. The van der Waals surface area contributed by atoms with E-state index in [1.165, 1.54) is 11.1 Å². The molecule has 2 aromatic carbocycles. The molecule has 0 saturated carbocycles. The van der Waals surface area contributed by atoms with Gasteiger partial charge < -0.3 is 11.5 Å². The van der Waals surface area contributed by atoms with Gasteiger partial charge in [0.05, 0.1) is 11.4 Å². The highest BCUT2D eigenvalue weighted by atomic mass is 79.9. The third-order valence-corrected chi connectivity index (χ3v) is 4.46. The first-order valence-electron chi connectivity index (χ1n) is 6.39. The van der Waals surface area contributed by atoms with E-state index in [0.717, 1.165) is 5.33 Å². The Labute approximate surface area is 122 Å². The van der Waals surface area contributed by atoms with E-state index < -0.39 is 0 Å². The Morgan fingerprint density at radius 2 is 1.63 bits per heavy atom. The molecule has 2 aromatic rings. The molecule has 0 spiro atoms. The van der Waals surface area contributed by atoms with Crippen molar-refractivity contribution >= 4 is 27.3 Å². The quantitative estimate of drug-likeness (QED) is 0.661. The largest absolute Gasteiger partial charge is 0.397 e. The number of benzene rings is 2. The molecule has 0 bridgehead atoms. The van der Waals surface area contributed by atoms with Crippen LogP contribution in [0.1, 0.15) is 24.0 Å². The van der Waals surface area contributed by atoms with Gasteiger partial charge >= 0.3 is 0 Å². The van der Waals surface area contributed by atoms with E-state index in [1.807, 2.05) is 18.2 Å². The van der Waals surface area contributed by atoms with Crippen molar-refractivity contribution in [2.24, 2.45) is 5.92 Å². The molecule has 2 rings (SSSR count). The lowest BCUT2D eigenvalue weighted by atomic mass is 9.82. The Morgan fingerprint density at radius 3 is 2.21 bits per heavy atom. The molecule has 0 aliphatic carbocycles. The minimum absolute atomic E-state index is 0.323. The van der Waals surface area contributed by atoms with Gasteiger partial charge in [0.2, 0.25) is 0 Å². The van der Waals surface area contributed by atoms with Crippen molar-refractivity contribution < 1.29 is 0 Å². The molecule has 4 N–H and O–H groups in total. The number of alkyl halides is 1. The summed E-state index contributed by atoms with van der Waals surface area (Å²) in [6.07, 6.45) is 0. The van der Waals surface area contributed by atoms with Gasteiger partial charge in [0.25, 0.3) is 0 Å². The molecule has 2 nitrogen and oxygen atoms in total. The number of hydrogen-bond acceptors (Lipinski definition) is 2. The fourth-order valence-electron chi connectivity index (χ4n) is 2.39. The topological polar surface area (TPSA) is 52.0 Å². The molecule has 0 heterocycles. The van der Waals surface area contributed by atoms with Crippen molar-refractivity contribution in [1.82, 2.24) is 0 Å². The SMILES string of the molecule is CC(CBr)C(c1ccccc1)c1ccc(N)c(N)c1. The average Bonchev–Trinajstić information content (AvgIpc) is 2.44. The number of rotatable bonds is 4. The maximum Gasteiger partial charge on any atom is 0.0550 e. The van der Waals surface area contributed by atoms with Crippen molar-refractivity contribution in [3.63, 3.8) is 0 Å². The minimum atomic E-state index is 0.323. The molecule has 0 aliphatic rings. The maximum atomic E-state index is 5.94. The minimum Gasteiger partial charge on any atom is -0.397 e. The summed E-state index contributed by atoms with van der Waals surface area (Å²) in [4.78, 5) is 0. The molecular weight excluding hydrogens is 300 g/mol. The van der Waals surface area contributed by atoms with Gasteiger partial charge in [0, 0.05) is 11.2 Å². The van der Waals surface area contributed by atoms with Crippen LogP contribution in [0.15, 0.2) is 48.5 Å². The van der Waals surface area contributed by atoms with Crippen LogP contribution >= 0.6 is 15.9 Å². The van der Waals surface area contributed by atoms with E-state index in [0.29, 0.717) is 23.2 Å². The Hall–Kier alpha value is -1.48. The van der Waals surface area contributed by atoms with Crippen LogP contribution < -0.4 is 11.5 Å². The first kappa shape index (κ1) is 13.9. The highest BCUT2D eigenvalue weighted by molar-refractivity contribution is 9.09. The van der Waals surface area contributed by atoms with Crippen molar-refractivity contribution in [2.45, 2.75) is 12.8 Å². The van der Waals surface area contributed by atoms with E-state index >= 15 is 0 Å². The van der Waals surface area contributed by atoms with Gasteiger partial charge in [-0.3, -0.25) is 0 Å². The molecule has 0 fully saturated rings. The predicted molar refractivity (Wildman–Crippen MR) is 86.5 cm³/mol. The average molecular weight is 319 g/mol. The Balaban J connectivity index is 2.46. The van der Waals surface area contributed by atoms with Crippen LogP contribution in [0.5, 0.6) is 0 Å². The van der Waals surface area contributed by atoms with Gasteiger partial charge in [-0.1, -0.05) is 59.3 Å². The molecule has 0 aromatic heterocycles. The van der Waals surface area contributed by atoms with Crippen molar-refractivity contribution in [1.29, 1.82) is 0 Å². The molecule has 100 valence electrons. The molecule has 2 atom stereocenters. The summed E-state index contributed by atoms with van der Waals surface area (Å²) in [5.74, 6) is 0.800. The lowest BCUT2D eigenvalue weighted by Crippen LogP contribution is -2.13. The molecule has 0 amide bonds. The summed E-state index contributed by atoms with van der Waals surface area (Å²) in [7, 11) is 0. The molecule has 2 unspecified atom stereocenters. The summed E-state index contributed by atoms with van der Waals surface area (Å²) in [5.41, 5.74) is 15.6. The molecule has 0 saturated heterocycles. The normalized spacial score (nSPS) is 14.0. The van der Waals surface area contributed by atoms with Gasteiger partial charge in [-0.15, -0.1) is 0 Å². The van der Waals surface area contributed by atoms with Gasteiger partial charge in [-0.2, -0.15) is 0 Å². The van der Waals surface area contributed by atoms with E-state index in [1.54, 1.807) is 0 Å². The summed E-state index contributed by atoms with van der Waals surface area (Å²) in [5, 5.41) is 0.941. The van der Waals surface area contributed by atoms with E-state index in [2.05, 4.69) is 53.2 Å². The van der Waals surface area contributed by atoms with E-state index in [9.17, 15) is 0 Å². The summed E-state index contributed by atoms with van der Waals surface area (Å²) in [6.45, 7) is 2.24. The molecular formula is C16H19BrN2. The fourth-order valence-corrected chi connectivity index (χ4v) is 2.76. The maximum absolute atomic E-state index is 5.94. The van der Waals surface area contributed by atoms with Crippen molar-refractivity contribution in [3.05, 3.63) is 59.7 Å². The first-order valence-corrected chi connectivity index (χ1v) is 7.51. The Bertz CT molecular complexity index is 540. The van der Waals surface area contributed by atoms with Crippen LogP contribution in [0, 0.1) is 5.92 Å². The summed E-state index contributed by atoms with van der Waals surface area (Å²) in [6, 6.07) is 16.5. The van der Waals surface area contributed by atoms with Gasteiger partial charge in [-0.25, -0.2) is 0 Å². The standard InChI is InChI=1S/C16H19BrN2/c1-11(10-17)16(12-5-3-2-4-6-12)13-7-8-14(18)15(19)9-13/h2-9,11,16H,10,18-19H2,1H3. The van der Waals surface area contributed by atoms with Crippen LogP contribution in [0.2, 0.25) is 0 Å². The summed E-state index contributed by atoms with van der Waals surface area (Å²) < 4.78 is 0. The number of nitrogens with two attached hydrogens (primary N) is 2. The lowest BCUT2D eigenvalue weighted by Gasteiger charge is -2.24. The van der Waals surface area contributed by atoms with E-state index in [-0.39, 0.29) is 0 Å². The zero-order valence-corrected chi connectivity index (χ0v) is 12.6. The van der Waals surface area contributed by atoms with Crippen LogP contribution in [-0.2, 0) is 0 Å². The van der Waals surface area contributed by atoms with Crippen LogP contribution in [0.4, 0.5) is 11.4 Å². The number of halogens is 1. The van der Waals surface area contributed by atoms with Crippen LogP contribution in [-0.4, -0.2) is 5.33 Å². The monoisotopic (exact) mass is 318 g/mol. The van der Waals surface area contributed by atoms with Crippen molar-refractivity contribution in [2.75, 3.05) is 16.8 Å². The van der Waals surface area contributed by atoms with Gasteiger partial charge in [0.15, 0.2) is 0 Å². The zero-order valence-electron chi connectivity index (χ0n) is 11.0. The highest BCUT2D eigenvalue weighted by Gasteiger charge is 2.20. The molecule has 19 heavy (non-hydrogen) atoms. The third-order valence-electron chi connectivity index (χ3n) is 3.44. The van der Waals surface area contributed by atoms with Gasteiger partial charge in [-0.05, 0) is 29.2 Å². The molecule has 0 aliphatic heterocycles. The second-order valence-electron chi connectivity index (χ2n) is 4.91. The predicted octanol–water partition coefficient (Wildman–Crippen LogP) is 4.01. The fraction of sp³-hybridized carbons (Fsp3) is 0.250. The van der Waals surface area contributed by atoms with Crippen LogP contribution in [0.3, 0.4) is 0 Å². The van der Waals surface area contributed by atoms with Crippen LogP contribution in [0.25, 0.3) is 0 Å². The molecule has 0 radical (unpaired) electrons. The number of hydrogen-bond donors (Lipinski definition) is 2. The Kier molecular flexibility index (Phi) is 4.48. The molecule has 3 heteroatoms. The second-order valence-corrected chi connectivity index (χ2v) is 5.56. The number of anilines is 2. The third kappa shape index (κ3) is 3.10. The van der Waals surface area contributed by atoms with Crippen molar-refractivity contribution in [3.8, 4) is 0 Å². The zero-order chi connectivity index (χ0) is 13.8. The lowest BCUT2D eigenvalue weighted by molar-refractivity contribution is 0.577. The highest BCUT2D eigenvalue weighted by Crippen LogP contribution is 2.34. The second kappa shape index (κ2) is 6.11. The first-order chi connectivity index (χ1) is 9.13. The smallest absolute Gasteiger partial charge is 0.0550 e. The van der Waals surface area contributed by atoms with Gasteiger partial charge in [0.1, 0.15) is 0 Å². The summed E-state index contributed by atoms with van der Waals surface area (Å²) >= 11 is 3.59. The van der Waals surface area contributed by atoms with E-state index in [4.69, 9.17) is 11.5 Å².